The zero-order valence-electron chi connectivity index (χ0n) is 17.8. The van der Waals surface area contributed by atoms with Crippen LogP contribution in [0.15, 0.2) is 46.9 Å². The number of amides is 2. The molecule has 0 radical (unpaired) electrons. The van der Waals surface area contributed by atoms with Gasteiger partial charge in [-0.15, -0.1) is 11.8 Å². The number of carbonyl (C=O) groups excluding carboxylic acids is 2. The van der Waals surface area contributed by atoms with Crippen molar-refractivity contribution >= 4 is 51.1 Å². The van der Waals surface area contributed by atoms with Gasteiger partial charge in [0.2, 0.25) is 11.8 Å². The number of rotatable bonds is 10. The van der Waals surface area contributed by atoms with Crippen LogP contribution in [0.25, 0.3) is 0 Å². The monoisotopic (exact) mass is 528 g/mol. The second kappa shape index (κ2) is 12.5. The summed E-state index contributed by atoms with van der Waals surface area (Å²) in [6, 6.07) is 11.5. The average molecular weight is 530 g/mol. The Balaban J connectivity index is 2.12. The van der Waals surface area contributed by atoms with Crippen molar-refractivity contribution < 1.29 is 14.0 Å². The van der Waals surface area contributed by atoms with Crippen LogP contribution in [-0.2, 0) is 21.9 Å². The molecule has 4 nitrogen and oxygen atoms in total. The van der Waals surface area contributed by atoms with Gasteiger partial charge in [0.1, 0.15) is 11.9 Å². The Kier molecular flexibility index (Phi) is 10.3. The van der Waals surface area contributed by atoms with Crippen molar-refractivity contribution in [3.63, 3.8) is 0 Å². The summed E-state index contributed by atoms with van der Waals surface area (Å²) < 4.78 is 14.9. The highest BCUT2D eigenvalue weighted by Gasteiger charge is 2.26. The van der Waals surface area contributed by atoms with Gasteiger partial charge in [-0.25, -0.2) is 4.39 Å². The summed E-state index contributed by atoms with van der Waals surface area (Å²) in [6.45, 7) is 5.95. The Morgan fingerprint density at radius 1 is 1.23 bits per heavy atom. The van der Waals surface area contributed by atoms with Gasteiger partial charge in [0.05, 0.1) is 5.75 Å². The molecule has 8 heteroatoms. The number of hydrogen-bond acceptors (Lipinski definition) is 3. The van der Waals surface area contributed by atoms with E-state index < -0.39 is 6.04 Å². The number of carbonyl (C=O) groups is 2. The molecule has 0 saturated carbocycles. The fourth-order valence-corrected chi connectivity index (χ4v) is 4.57. The molecular weight excluding hydrogens is 503 g/mol. The summed E-state index contributed by atoms with van der Waals surface area (Å²) in [7, 11) is 0. The molecule has 2 amide bonds. The molecule has 0 heterocycles. The quantitative estimate of drug-likeness (QED) is 0.423. The van der Waals surface area contributed by atoms with Crippen molar-refractivity contribution in [1.82, 2.24) is 10.2 Å². The molecule has 0 aromatic heterocycles. The van der Waals surface area contributed by atoms with Crippen molar-refractivity contribution in [2.75, 3.05) is 5.75 Å². The molecule has 0 spiro atoms. The lowest BCUT2D eigenvalue weighted by atomic mass is 10.1. The zero-order chi connectivity index (χ0) is 23.0. The summed E-state index contributed by atoms with van der Waals surface area (Å²) in [4.78, 5) is 27.4. The maximum atomic E-state index is 14.0. The molecule has 1 N–H and O–H groups in total. The first-order valence-corrected chi connectivity index (χ1v) is 12.4. The minimum Gasteiger partial charge on any atom is -0.352 e. The first-order valence-electron chi connectivity index (χ1n) is 10.1. The van der Waals surface area contributed by atoms with Gasteiger partial charge in [-0.05, 0) is 50.1 Å². The Bertz CT molecular complexity index is 895. The molecule has 0 saturated heterocycles. The highest BCUT2D eigenvalue weighted by molar-refractivity contribution is 9.10. The van der Waals surface area contributed by atoms with Crippen molar-refractivity contribution in [2.24, 2.45) is 0 Å². The molecule has 0 bridgehead atoms. The Hall–Kier alpha value is -1.57. The van der Waals surface area contributed by atoms with Gasteiger partial charge in [-0.2, -0.15) is 0 Å². The minimum atomic E-state index is -0.641. The summed E-state index contributed by atoms with van der Waals surface area (Å²) >= 11 is 10.8. The van der Waals surface area contributed by atoms with Crippen LogP contribution in [0.3, 0.4) is 0 Å². The third-order valence-corrected chi connectivity index (χ3v) is 6.74. The van der Waals surface area contributed by atoms with Crippen LogP contribution in [0.5, 0.6) is 0 Å². The second-order valence-corrected chi connectivity index (χ2v) is 9.65. The second-order valence-electron chi connectivity index (χ2n) is 7.34. The van der Waals surface area contributed by atoms with E-state index in [1.807, 2.05) is 38.1 Å². The SMILES string of the molecule is CC[C@H](C)NC(=O)[C@@H](C)N(Cc1cccc(Br)c1)C(=O)CSCc1c(F)cccc1Cl. The lowest BCUT2D eigenvalue weighted by molar-refractivity contribution is -0.138. The van der Waals surface area contributed by atoms with E-state index in [1.54, 1.807) is 24.0 Å². The van der Waals surface area contributed by atoms with Crippen molar-refractivity contribution in [3.05, 3.63) is 68.9 Å². The Labute approximate surface area is 201 Å². The third kappa shape index (κ3) is 7.81. The van der Waals surface area contributed by atoms with Gasteiger partial charge >= 0.3 is 0 Å². The highest BCUT2D eigenvalue weighted by atomic mass is 79.9. The van der Waals surface area contributed by atoms with Crippen molar-refractivity contribution in [3.8, 4) is 0 Å². The predicted molar refractivity (Wildman–Crippen MR) is 130 cm³/mol. The van der Waals surface area contributed by atoms with Crippen LogP contribution in [0.2, 0.25) is 5.02 Å². The molecule has 2 atom stereocenters. The molecule has 2 rings (SSSR count). The summed E-state index contributed by atoms with van der Waals surface area (Å²) in [6.07, 6.45) is 0.803. The van der Waals surface area contributed by atoms with Crippen LogP contribution < -0.4 is 5.32 Å². The van der Waals surface area contributed by atoms with E-state index in [4.69, 9.17) is 11.6 Å². The maximum Gasteiger partial charge on any atom is 0.242 e. The molecule has 2 aromatic rings. The summed E-state index contributed by atoms with van der Waals surface area (Å²) in [5, 5.41) is 3.28. The lowest BCUT2D eigenvalue weighted by Gasteiger charge is -2.29. The minimum absolute atomic E-state index is 0.0235. The van der Waals surface area contributed by atoms with Gasteiger partial charge in [-0.3, -0.25) is 9.59 Å². The molecule has 0 aliphatic rings. The smallest absolute Gasteiger partial charge is 0.242 e. The molecule has 0 fully saturated rings. The number of nitrogens with one attached hydrogen (secondary N) is 1. The fraction of sp³-hybridized carbons (Fsp3) is 0.391. The largest absolute Gasteiger partial charge is 0.352 e. The van der Waals surface area contributed by atoms with Crippen molar-refractivity contribution in [2.45, 2.75) is 51.6 Å². The molecular formula is C23H27BrClFN2O2S. The van der Waals surface area contributed by atoms with Gasteiger partial charge in [-0.1, -0.05) is 52.7 Å². The van der Waals surface area contributed by atoms with E-state index in [9.17, 15) is 14.0 Å². The van der Waals surface area contributed by atoms with E-state index in [1.165, 1.54) is 17.8 Å². The number of nitrogens with zero attached hydrogens (tertiary/aromatic N) is 1. The van der Waals surface area contributed by atoms with Crippen LogP contribution in [0.1, 0.15) is 38.3 Å². The van der Waals surface area contributed by atoms with Gasteiger partial charge in [0, 0.05) is 33.4 Å². The number of thioether (sulfide) groups is 1. The standard InChI is InChI=1S/C23H27BrClFN2O2S/c1-4-15(2)27-23(30)16(3)28(12-17-7-5-8-18(24)11-17)22(29)14-31-13-19-20(25)9-6-10-21(19)26/h5-11,15-16H,4,12-14H2,1-3H3,(H,27,30)/t15-,16+/m0/s1. The molecule has 0 aliphatic carbocycles. The number of benzene rings is 2. The summed E-state index contributed by atoms with van der Waals surface area (Å²) in [5.74, 6) is -0.390. The molecule has 0 unspecified atom stereocenters. The maximum absolute atomic E-state index is 14.0. The van der Waals surface area contributed by atoms with Gasteiger partial charge in [0.15, 0.2) is 0 Å². The van der Waals surface area contributed by atoms with E-state index in [0.717, 1.165) is 16.5 Å². The van der Waals surface area contributed by atoms with E-state index in [-0.39, 0.29) is 35.2 Å². The van der Waals surface area contributed by atoms with Crippen molar-refractivity contribution in [1.29, 1.82) is 0 Å². The lowest BCUT2D eigenvalue weighted by Crippen LogP contribution is -2.50. The van der Waals surface area contributed by atoms with Crippen LogP contribution in [-0.4, -0.2) is 34.6 Å². The molecule has 31 heavy (non-hydrogen) atoms. The first kappa shape index (κ1) is 25.7. The molecule has 168 valence electrons. The summed E-state index contributed by atoms with van der Waals surface area (Å²) in [5.41, 5.74) is 1.29. The zero-order valence-corrected chi connectivity index (χ0v) is 21.0. The normalized spacial score (nSPS) is 12.8. The molecule has 0 aliphatic heterocycles. The number of hydrogen-bond donors (Lipinski definition) is 1. The Morgan fingerprint density at radius 2 is 1.94 bits per heavy atom. The third-order valence-electron chi connectivity index (χ3n) is 4.94. The molecule has 2 aromatic carbocycles. The Morgan fingerprint density at radius 3 is 2.58 bits per heavy atom. The van der Waals surface area contributed by atoms with Crippen LogP contribution >= 0.6 is 39.3 Å². The van der Waals surface area contributed by atoms with Gasteiger partial charge in [0.25, 0.3) is 0 Å². The van der Waals surface area contributed by atoms with Crippen LogP contribution in [0, 0.1) is 5.82 Å². The van der Waals surface area contributed by atoms with Gasteiger partial charge < -0.3 is 10.2 Å². The average Bonchev–Trinajstić information content (AvgIpc) is 2.73. The van der Waals surface area contributed by atoms with E-state index in [0.29, 0.717) is 17.1 Å². The van der Waals surface area contributed by atoms with Crippen LogP contribution in [0.4, 0.5) is 4.39 Å². The topological polar surface area (TPSA) is 49.4 Å². The van der Waals surface area contributed by atoms with E-state index >= 15 is 0 Å². The number of halogens is 3. The fourth-order valence-electron chi connectivity index (χ4n) is 2.87. The predicted octanol–water partition coefficient (Wildman–Crippen LogP) is 5.81. The van der Waals surface area contributed by atoms with E-state index in [2.05, 4.69) is 21.2 Å². The first-order chi connectivity index (χ1) is 14.7. The highest BCUT2D eigenvalue weighted by Crippen LogP contribution is 2.24.